The van der Waals surface area contributed by atoms with Crippen LogP contribution in [0.1, 0.15) is 13.3 Å². The second-order valence-corrected chi connectivity index (χ2v) is 4.63. The Morgan fingerprint density at radius 3 is 2.57 bits per heavy atom. The minimum absolute atomic E-state index is 0. The molecule has 0 saturated heterocycles. The minimum atomic E-state index is -0.340. The standard InChI is InChI=1S/C13H18ClN3O3.ClH/c1-8(18)16-9-3-4-11(14)12(5-9)17-13(19)6-10(7-15)20-2;/h3-5,10H,6-7,15H2,1-2H3,(H,16,18)(H,17,19);1H. The number of rotatable bonds is 6. The molecule has 1 unspecified atom stereocenters. The number of amides is 2. The molecule has 0 saturated carbocycles. The number of halogens is 2. The van der Waals surface area contributed by atoms with E-state index in [0.29, 0.717) is 16.4 Å². The Kier molecular flexibility index (Phi) is 8.96. The number of benzene rings is 1. The van der Waals surface area contributed by atoms with Crippen molar-refractivity contribution in [1.82, 2.24) is 0 Å². The molecule has 8 heteroatoms. The number of methoxy groups -OCH3 is 1. The lowest BCUT2D eigenvalue weighted by atomic mass is 10.2. The molecule has 2 amide bonds. The second kappa shape index (κ2) is 9.57. The lowest BCUT2D eigenvalue weighted by molar-refractivity contribution is -0.118. The van der Waals surface area contributed by atoms with E-state index >= 15 is 0 Å². The van der Waals surface area contributed by atoms with Gasteiger partial charge in [0.1, 0.15) is 0 Å². The van der Waals surface area contributed by atoms with E-state index < -0.39 is 0 Å². The van der Waals surface area contributed by atoms with Crippen molar-refractivity contribution in [2.45, 2.75) is 19.4 Å². The van der Waals surface area contributed by atoms with Crippen molar-refractivity contribution in [2.24, 2.45) is 5.73 Å². The fourth-order valence-corrected chi connectivity index (χ4v) is 1.74. The molecule has 0 aliphatic heterocycles. The molecule has 4 N–H and O–H groups in total. The zero-order chi connectivity index (χ0) is 15.1. The van der Waals surface area contributed by atoms with Gasteiger partial charge in [0.05, 0.1) is 23.2 Å². The molecule has 0 aliphatic rings. The topological polar surface area (TPSA) is 93.4 Å². The maximum atomic E-state index is 11.8. The summed E-state index contributed by atoms with van der Waals surface area (Å²) in [7, 11) is 1.50. The molecule has 6 nitrogen and oxygen atoms in total. The quantitative estimate of drug-likeness (QED) is 0.741. The van der Waals surface area contributed by atoms with Gasteiger partial charge < -0.3 is 21.1 Å². The Bertz CT molecular complexity index is 494. The Labute approximate surface area is 134 Å². The van der Waals surface area contributed by atoms with Gasteiger partial charge >= 0.3 is 0 Å². The summed E-state index contributed by atoms with van der Waals surface area (Å²) in [4.78, 5) is 22.8. The van der Waals surface area contributed by atoms with Crippen molar-refractivity contribution in [2.75, 3.05) is 24.3 Å². The van der Waals surface area contributed by atoms with E-state index in [1.807, 2.05) is 0 Å². The fraction of sp³-hybridized carbons (Fsp3) is 0.385. The molecule has 118 valence electrons. The molecule has 1 aromatic carbocycles. The van der Waals surface area contributed by atoms with Crippen LogP contribution in [-0.4, -0.2) is 31.6 Å². The lowest BCUT2D eigenvalue weighted by Gasteiger charge is -2.14. The summed E-state index contributed by atoms with van der Waals surface area (Å²) < 4.78 is 5.04. The van der Waals surface area contributed by atoms with Crippen LogP contribution in [0.2, 0.25) is 5.02 Å². The zero-order valence-electron chi connectivity index (χ0n) is 11.8. The first-order valence-electron chi connectivity index (χ1n) is 6.06. The highest BCUT2D eigenvalue weighted by Gasteiger charge is 2.13. The van der Waals surface area contributed by atoms with E-state index in [1.165, 1.54) is 14.0 Å². The van der Waals surface area contributed by atoms with Crippen LogP contribution in [-0.2, 0) is 14.3 Å². The number of hydrogen-bond acceptors (Lipinski definition) is 4. The Morgan fingerprint density at radius 2 is 2.05 bits per heavy atom. The maximum Gasteiger partial charge on any atom is 0.227 e. The monoisotopic (exact) mass is 335 g/mol. The van der Waals surface area contributed by atoms with Crippen LogP contribution in [0, 0.1) is 0 Å². The van der Waals surface area contributed by atoms with E-state index in [0.717, 1.165) is 0 Å². The van der Waals surface area contributed by atoms with E-state index in [1.54, 1.807) is 18.2 Å². The Balaban J connectivity index is 0.00000400. The Morgan fingerprint density at radius 1 is 1.38 bits per heavy atom. The third-order valence-corrected chi connectivity index (χ3v) is 2.90. The summed E-state index contributed by atoms with van der Waals surface area (Å²) >= 11 is 6.00. The number of hydrogen-bond donors (Lipinski definition) is 3. The normalized spacial score (nSPS) is 11.2. The van der Waals surface area contributed by atoms with Crippen LogP contribution in [0.5, 0.6) is 0 Å². The van der Waals surface area contributed by atoms with Crippen molar-refractivity contribution in [1.29, 1.82) is 0 Å². The molecule has 0 radical (unpaired) electrons. The van der Waals surface area contributed by atoms with Gasteiger partial charge in [0.15, 0.2) is 0 Å². The molecule has 0 heterocycles. The van der Waals surface area contributed by atoms with Crippen LogP contribution in [0.15, 0.2) is 18.2 Å². The maximum absolute atomic E-state index is 11.8. The number of nitrogens with one attached hydrogen (secondary N) is 2. The lowest BCUT2D eigenvalue weighted by Crippen LogP contribution is -2.28. The van der Waals surface area contributed by atoms with E-state index in [9.17, 15) is 9.59 Å². The summed E-state index contributed by atoms with van der Waals surface area (Å²) in [5.41, 5.74) is 6.44. The number of carbonyl (C=O) groups excluding carboxylic acids is 2. The average molecular weight is 336 g/mol. The summed E-state index contributed by atoms with van der Waals surface area (Å²) in [5, 5.41) is 5.66. The number of anilines is 2. The molecule has 0 spiro atoms. The van der Waals surface area contributed by atoms with Gasteiger partial charge in [-0.2, -0.15) is 0 Å². The highest BCUT2D eigenvalue weighted by molar-refractivity contribution is 6.33. The van der Waals surface area contributed by atoms with Gasteiger partial charge in [-0.05, 0) is 18.2 Å². The summed E-state index contributed by atoms with van der Waals surface area (Å²) in [6.45, 7) is 1.65. The number of carbonyl (C=O) groups is 2. The van der Waals surface area contributed by atoms with Gasteiger partial charge in [0, 0.05) is 26.3 Å². The summed E-state index contributed by atoms with van der Waals surface area (Å²) in [6, 6.07) is 4.84. The highest BCUT2D eigenvalue weighted by Crippen LogP contribution is 2.25. The first-order chi connectivity index (χ1) is 9.46. The van der Waals surface area contributed by atoms with Gasteiger partial charge in [-0.25, -0.2) is 0 Å². The molecular formula is C13H19Cl2N3O3. The largest absolute Gasteiger partial charge is 0.380 e. The van der Waals surface area contributed by atoms with Gasteiger partial charge in [-0.1, -0.05) is 11.6 Å². The third kappa shape index (κ3) is 6.77. The van der Waals surface area contributed by atoms with Crippen molar-refractivity contribution in [3.63, 3.8) is 0 Å². The smallest absolute Gasteiger partial charge is 0.227 e. The number of nitrogens with two attached hydrogens (primary N) is 1. The zero-order valence-corrected chi connectivity index (χ0v) is 13.4. The SMILES string of the molecule is COC(CN)CC(=O)Nc1cc(NC(C)=O)ccc1Cl.Cl. The summed E-state index contributed by atoms with van der Waals surface area (Å²) in [6.07, 6.45) is -0.208. The predicted octanol–water partition coefficient (Wildman–Crippen LogP) is 2.02. The van der Waals surface area contributed by atoms with Gasteiger partial charge in [-0.15, -0.1) is 12.4 Å². The van der Waals surface area contributed by atoms with Crippen molar-refractivity contribution < 1.29 is 14.3 Å². The van der Waals surface area contributed by atoms with Crippen molar-refractivity contribution in [3.05, 3.63) is 23.2 Å². The van der Waals surface area contributed by atoms with Crippen LogP contribution in [0.4, 0.5) is 11.4 Å². The highest BCUT2D eigenvalue weighted by atomic mass is 35.5. The van der Waals surface area contributed by atoms with Crippen LogP contribution in [0.25, 0.3) is 0 Å². The van der Waals surface area contributed by atoms with Crippen LogP contribution in [0.3, 0.4) is 0 Å². The number of ether oxygens (including phenoxy) is 1. The fourth-order valence-electron chi connectivity index (χ4n) is 1.57. The van der Waals surface area contributed by atoms with Crippen molar-refractivity contribution >= 4 is 47.2 Å². The molecular weight excluding hydrogens is 317 g/mol. The Hall–Kier alpha value is -1.34. The van der Waals surface area contributed by atoms with Crippen molar-refractivity contribution in [3.8, 4) is 0 Å². The van der Waals surface area contributed by atoms with Gasteiger partial charge in [0.25, 0.3) is 0 Å². The molecule has 1 rings (SSSR count). The first-order valence-corrected chi connectivity index (χ1v) is 6.44. The average Bonchev–Trinajstić information content (AvgIpc) is 2.39. The molecule has 0 fully saturated rings. The molecule has 0 bridgehead atoms. The molecule has 1 atom stereocenters. The first kappa shape index (κ1) is 19.7. The van der Waals surface area contributed by atoms with Gasteiger partial charge in [-0.3, -0.25) is 9.59 Å². The van der Waals surface area contributed by atoms with E-state index in [-0.39, 0.29) is 43.3 Å². The van der Waals surface area contributed by atoms with E-state index in [2.05, 4.69) is 10.6 Å². The molecule has 0 aliphatic carbocycles. The van der Waals surface area contributed by atoms with Gasteiger partial charge in [0.2, 0.25) is 11.8 Å². The van der Waals surface area contributed by atoms with Crippen LogP contribution < -0.4 is 16.4 Å². The summed E-state index contributed by atoms with van der Waals surface area (Å²) in [5.74, 6) is -0.462. The minimum Gasteiger partial charge on any atom is -0.380 e. The molecule has 1 aromatic rings. The predicted molar refractivity (Wildman–Crippen MR) is 86.1 cm³/mol. The molecule has 21 heavy (non-hydrogen) atoms. The molecule has 0 aromatic heterocycles. The third-order valence-electron chi connectivity index (χ3n) is 2.57. The van der Waals surface area contributed by atoms with E-state index in [4.69, 9.17) is 22.1 Å². The second-order valence-electron chi connectivity index (χ2n) is 4.22. The van der Waals surface area contributed by atoms with Crippen LogP contribution >= 0.6 is 24.0 Å².